The Hall–Kier alpha value is -2.56. The van der Waals surface area contributed by atoms with Crippen LogP contribution in [0.15, 0.2) is 45.0 Å². The van der Waals surface area contributed by atoms with Gasteiger partial charge in [-0.05, 0) is 43.3 Å². The van der Waals surface area contributed by atoms with Crippen molar-refractivity contribution in [2.45, 2.75) is 18.1 Å². The van der Waals surface area contributed by atoms with E-state index in [-0.39, 0.29) is 9.99 Å². The maximum Gasteiger partial charge on any atom is 0.257 e. The lowest BCUT2D eigenvalue weighted by molar-refractivity contribution is 0.101. The van der Waals surface area contributed by atoms with Crippen LogP contribution in [0.2, 0.25) is 0 Å². The van der Waals surface area contributed by atoms with Crippen LogP contribution in [-0.4, -0.2) is 54.9 Å². The average Bonchev–Trinajstić information content (AvgIpc) is 3.37. The molecule has 1 saturated heterocycles. The van der Waals surface area contributed by atoms with Gasteiger partial charge in [0.15, 0.2) is 5.78 Å². The van der Waals surface area contributed by atoms with E-state index in [9.17, 15) is 13.2 Å². The molecule has 1 aliphatic heterocycles. The van der Waals surface area contributed by atoms with Crippen molar-refractivity contribution in [3.63, 3.8) is 0 Å². The summed E-state index contributed by atoms with van der Waals surface area (Å²) in [5.41, 5.74) is 1.65. The Bertz CT molecular complexity index is 1130. The van der Waals surface area contributed by atoms with Crippen LogP contribution in [0.4, 0.5) is 5.69 Å². The monoisotopic (exact) mass is 432 g/mol. The number of aromatic nitrogens is 2. The second kappa shape index (κ2) is 7.69. The van der Waals surface area contributed by atoms with Gasteiger partial charge < -0.3 is 9.32 Å². The first-order valence-corrected chi connectivity index (χ1v) is 11.4. The molecule has 3 aromatic rings. The van der Waals surface area contributed by atoms with Gasteiger partial charge in [-0.25, -0.2) is 8.42 Å². The number of hydrogen-bond acceptors (Lipinski definition) is 8. The first-order valence-electron chi connectivity index (χ1n) is 9.11. The first-order chi connectivity index (χ1) is 13.8. The summed E-state index contributed by atoms with van der Waals surface area (Å²) in [6.45, 7) is 5.18. The van der Waals surface area contributed by atoms with Crippen LogP contribution >= 0.6 is 11.3 Å². The molecule has 1 fully saturated rings. The summed E-state index contributed by atoms with van der Waals surface area (Å²) < 4.78 is 33.2. The van der Waals surface area contributed by atoms with Crippen molar-refractivity contribution in [1.82, 2.24) is 14.5 Å². The number of piperazine rings is 1. The number of anilines is 1. The Labute approximate surface area is 172 Å². The lowest BCUT2D eigenvalue weighted by atomic mass is 10.1. The summed E-state index contributed by atoms with van der Waals surface area (Å²) >= 11 is 1.13. The van der Waals surface area contributed by atoms with Crippen LogP contribution in [0, 0.1) is 6.92 Å². The van der Waals surface area contributed by atoms with E-state index in [0.717, 1.165) is 17.0 Å². The molecule has 0 bridgehead atoms. The number of sulfonamides is 1. The summed E-state index contributed by atoms with van der Waals surface area (Å²) in [6.07, 6.45) is 0. The molecule has 0 aliphatic carbocycles. The number of nitrogens with zero attached hydrogens (tertiary/aromatic N) is 4. The maximum atomic E-state index is 13.0. The van der Waals surface area contributed by atoms with Gasteiger partial charge in [-0.1, -0.05) is 0 Å². The first kappa shape index (κ1) is 19.7. The fourth-order valence-electron chi connectivity index (χ4n) is 3.19. The number of carbonyl (C=O) groups is 1. The Morgan fingerprint density at radius 1 is 1.03 bits per heavy atom. The lowest BCUT2D eigenvalue weighted by Crippen LogP contribution is -2.48. The Kier molecular flexibility index (Phi) is 5.24. The van der Waals surface area contributed by atoms with E-state index in [2.05, 4.69) is 15.1 Å². The van der Waals surface area contributed by atoms with Gasteiger partial charge in [-0.15, -0.1) is 21.5 Å². The van der Waals surface area contributed by atoms with Crippen LogP contribution in [0.1, 0.15) is 23.2 Å². The van der Waals surface area contributed by atoms with E-state index in [1.165, 1.54) is 11.2 Å². The van der Waals surface area contributed by atoms with Crippen LogP contribution in [0.25, 0.3) is 10.8 Å². The van der Waals surface area contributed by atoms with Gasteiger partial charge in [0, 0.05) is 44.4 Å². The zero-order chi connectivity index (χ0) is 20.6. The van der Waals surface area contributed by atoms with E-state index >= 15 is 0 Å². The molecule has 0 saturated carbocycles. The summed E-state index contributed by atoms with van der Waals surface area (Å²) in [7, 11) is -3.58. The molecule has 4 rings (SSSR count). The molecule has 0 amide bonds. The molecule has 1 aliphatic rings. The number of rotatable bonds is 5. The molecular formula is C19H20N4O4S2. The second-order valence-corrected chi connectivity index (χ2v) is 9.99. The molecule has 8 nitrogen and oxygen atoms in total. The predicted octanol–water partition coefficient (Wildman–Crippen LogP) is 2.82. The highest BCUT2D eigenvalue weighted by Crippen LogP contribution is 2.32. The molecule has 0 radical (unpaired) electrons. The van der Waals surface area contributed by atoms with Crippen molar-refractivity contribution in [3.05, 3.63) is 47.9 Å². The largest absolute Gasteiger partial charge is 0.420 e. The minimum Gasteiger partial charge on any atom is -0.420 e. The van der Waals surface area contributed by atoms with Gasteiger partial charge in [0.05, 0.1) is 4.88 Å². The third-order valence-corrected chi connectivity index (χ3v) is 8.23. The van der Waals surface area contributed by atoms with Crippen molar-refractivity contribution in [3.8, 4) is 10.8 Å². The minimum atomic E-state index is -3.58. The molecule has 152 valence electrons. The zero-order valence-electron chi connectivity index (χ0n) is 16.0. The van der Waals surface area contributed by atoms with E-state index in [1.807, 2.05) is 12.1 Å². The van der Waals surface area contributed by atoms with Gasteiger partial charge >= 0.3 is 0 Å². The highest BCUT2D eigenvalue weighted by atomic mass is 32.2. The van der Waals surface area contributed by atoms with Gasteiger partial charge in [0.2, 0.25) is 5.89 Å². The minimum absolute atomic E-state index is 0.0264. The molecule has 0 N–H and O–H groups in total. The summed E-state index contributed by atoms with van der Waals surface area (Å²) in [5.74, 6) is 0.788. The van der Waals surface area contributed by atoms with E-state index in [1.54, 1.807) is 31.2 Å². The number of benzene rings is 1. The van der Waals surface area contributed by atoms with Crippen LogP contribution in [0.5, 0.6) is 0 Å². The highest BCUT2D eigenvalue weighted by Gasteiger charge is 2.30. The number of thiophene rings is 1. The molecule has 1 aromatic carbocycles. The van der Waals surface area contributed by atoms with Crippen molar-refractivity contribution >= 4 is 32.8 Å². The van der Waals surface area contributed by atoms with Crippen molar-refractivity contribution in [1.29, 1.82) is 0 Å². The molecule has 29 heavy (non-hydrogen) atoms. The van der Waals surface area contributed by atoms with Gasteiger partial charge in [-0.3, -0.25) is 4.79 Å². The summed E-state index contributed by atoms with van der Waals surface area (Å²) in [5, 5.41) is 7.72. The smallest absolute Gasteiger partial charge is 0.257 e. The summed E-state index contributed by atoms with van der Waals surface area (Å²) in [4.78, 5) is 14.2. The highest BCUT2D eigenvalue weighted by molar-refractivity contribution is 7.91. The molecular weight excluding hydrogens is 412 g/mol. The predicted molar refractivity (Wildman–Crippen MR) is 110 cm³/mol. The van der Waals surface area contributed by atoms with Crippen LogP contribution in [0.3, 0.4) is 0 Å². The van der Waals surface area contributed by atoms with Gasteiger partial charge in [-0.2, -0.15) is 4.31 Å². The van der Waals surface area contributed by atoms with E-state index < -0.39 is 10.0 Å². The number of Topliss-reactive ketones (excluding diaryl/α,β-unsaturated/α-hetero) is 1. The number of carbonyl (C=O) groups excluding carboxylic acids is 1. The third-order valence-electron chi connectivity index (χ3n) is 4.79. The lowest BCUT2D eigenvalue weighted by Gasteiger charge is -2.35. The molecule has 0 unspecified atom stereocenters. The number of hydrogen-bond donors (Lipinski definition) is 0. The van der Waals surface area contributed by atoms with Gasteiger partial charge in [0.1, 0.15) is 4.21 Å². The molecule has 0 atom stereocenters. The Morgan fingerprint density at radius 3 is 2.31 bits per heavy atom. The molecule has 2 aromatic heterocycles. The quantitative estimate of drug-likeness (QED) is 0.572. The second-order valence-electron chi connectivity index (χ2n) is 6.74. The zero-order valence-corrected chi connectivity index (χ0v) is 17.7. The normalized spacial score (nSPS) is 15.6. The van der Waals surface area contributed by atoms with E-state index in [4.69, 9.17) is 4.42 Å². The standard InChI is InChI=1S/C19H20N4O4S2/c1-13(24)15-3-5-16(6-4-15)22-9-11-23(12-10-22)29(25,26)18-8-7-17(28-18)19-21-20-14(2)27-19/h3-8H,9-12H2,1-2H3. The topological polar surface area (TPSA) is 96.6 Å². The SMILES string of the molecule is CC(=O)c1ccc(N2CCN(S(=O)(=O)c3ccc(-c4nnc(C)o4)s3)CC2)cc1. The third kappa shape index (κ3) is 3.96. The van der Waals surface area contributed by atoms with Crippen LogP contribution < -0.4 is 4.90 Å². The van der Waals surface area contributed by atoms with Crippen molar-refractivity contribution in [2.24, 2.45) is 0 Å². The fourth-order valence-corrected chi connectivity index (χ4v) is 5.99. The molecule has 0 spiro atoms. The maximum absolute atomic E-state index is 13.0. The van der Waals surface area contributed by atoms with Crippen LogP contribution in [-0.2, 0) is 10.0 Å². The molecule has 10 heteroatoms. The van der Waals surface area contributed by atoms with Crippen molar-refractivity contribution in [2.75, 3.05) is 31.1 Å². The molecule has 3 heterocycles. The Morgan fingerprint density at radius 2 is 1.72 bits per heavy atom. The van der Waals surface area contributed by atoms with Crippen molar-refractivity contribution < 1.29 is 17.6 Å². The number of aryl methyl sites for hydroxylation is 1. The number of ketones is 1. The van der Waals surface area contributed by atoms with Gasteiger partial charge in [0.25, 0.3) is 15.9 Å². The van der Waals surface area contributed by atoms with E-state index in [0.29, 0.717) is 48.4 Å². The summed E-state index contributed by atoms with van der Waals surface area (Å²) in [6, 6.07) is 10.7. The Balaban J connectivity index is 1.45. The average molecular weight is 433 g/mol. The fraction of sp³-hybridized carbons (Fsp3) is 0.316.